The van der Waals surface area contributed by atoms with Gasteiger partial charge in [-0.25, -0.2) is 14.4 Å². The zero-order valence-corrected chi connectivity index (χ0v) is 20.8. The molecule has 40 heavy (non-hydrogen) atoms. The topological polar surface area (TPSA) is 140 Å². The largest absolute Gasteiger partial charge is 0.489 e. The Hall–Kier alpha value is -4.65. The number of fused-ring (bicyclic) bond motifs is 2. The van der Waals surface area contributed by atoms with Gasteiger partial charge in [0.05, 0.1) is 29.5 Å². The molecule has 2 amide bonds. The van der Waals surface area contributed by atoms with Gasteiger partial charge in [0.25, 0.3) is 5.91 Å². The number of halogens is 4. The van der Waals surface area contributed by atoms with Crippen LogP contribution < -0.4 is 15.8 Å². The fourth-order valence-corrected chi connectivity index (χ4v) is 4.30. The van der Waals surface area contributed by atoms with E-state index in [1.807, 2.05) is 0 Å². The number of pyridine rings is 1. The Morgan fingerprint density at radius 1 is 1.10 bits per heavy atom. The molecule has 0 fully saturated rings. The number of aromatic nitrogens is 3. The van der Waals surface area contributed by atoms with Crippen molar-refractivity contribution in [2.45, 2.75) is 24.1 Å². The molecule has 2 aromatic heterocycles. The highest BCUT2D eigenvalue weighted by Gasteiger charge is 2.57. The number of alkyl halides is 3. The SMILES string of the molecule is C[C@]1(C(N)=O)COc2c1cc([C@@](O)(CNC(=O)c1cnc3ccccc3n1)C(F)(F)F)nc2-c1ccc(F)cc1. The number of hydrogen-bond donors (Lipinski definition) is 3. The molecule has 0 radical (unpaired) electrons. The molecule has 2 atom stereocenters. The summed E-state index contributed by atoms with van der Waals surface area (Å²) in [6, 6.07) is 12.1. The third-order valence-electron chi connectivity index (χ3n) is 6.81. The molecule has 0 saturated heterocycles. The smallest absolute Gasteiger partial charge is 0.424 e. The first-order chi connectivity index (χ1) is 18.8. The van der Waals surface area contributed by atoms with E-state index in [1.165, 1.54) is 19.1 Å². The molecule has 1 aliphatic rings. The van der Waals surface area contributed by atoms with Crippen LogP contribution in [0.25, 0.3) is 22.3 Å². The molecule has 0 saturated carbocycles. The molecule has 4 aromatic rings. The lowest BCUT2D eigenvalue weighted by Gasteiger charge is -2.31. The highest BCUT2D eigenvalue weighted by atomic mass is 19.4. The second-order valence-corrected chi connectivity index (χ2v) is 9.51. The molecule has 1 aliphatic heterocycles. The Kier molecular flexibility index (Phi) is 6.41. The number of primary amides is 1. The van der Waals surface area contributed by atoms with Crippen LogP contribution >= 0.6 is 0 Å². The van der Waals surface area contributed by atoms with Gasteiger partial charge in [0.15, 0.2) is 0 Å². The molecule has 0 aliphatic carbocycles. The summed E-state index contributed by atoms with van der Waals surface area (Å²) < 4.78 is 62.7. The van der Waals surface area contributed by atoms with E-state index in [0.29, 0.717) is 11.0 Å². The van der Waals surface area contributed by atoms with Crippen LogP contribution in [0.2, 0.25) is 0 Å². The van der Waals surface area contributed by atoms with Crippen LogP contribution in [0.4, 0.5) is 17.6 Å². The third kappa shape index (κ3) is 4.47. The van der Waals surface area contributed by atoms with Crippen molar-refractivity contribution in [3.63, 3.8) is 0 Å². The van der Waals surface area contributed by atoms with Crippen molar-refractivity contribution >= 4 is 22.8 Å². The summed E-state index contributed by atoms with van der Waals surface area (Å²) in [6.07, 6.45) is -4.25. The Labute approximate surface area is 224 Å². The van der Waals surface area contributed by atoms with Gasteiger partial charge in [0.1, 0.15) is 35.0 Å². The number of para-hydroxylation sites is 2. The summed E-state index contributed by atoms with van der Waals surface area (Å²) in [6.45, 7) is -0.266. The van der Waals surface area contributed by atoms with Crippen molar-refractivity contribution in [3.8, 4) is 17.0 Å². The summed E-state index contributed by atoms with van der Waals surface area (Å²) >= 11 is 0. The van der Waals surface area contributed by atoms with Gasteiger partial charge in [0, 0.05) is 11.1 Å². The van der Waals surface area contributed by atoms with Crippen LogP contribution in [0, 0.1) is 5.82 Å². The second-order valence-electron chi connectivity index (χ2n) is 9.51. The van der Waals surface area contributed by atoms with Crippen LogP contribution in [0.5, 0.6) is 5.75 Å². The van der Waals surface area contributed by atoms with Crippen LogP contribution in [0.1, 0.15) is 28.7 Å². The van der Waals surface area contributed by atoms with Crippen molar-refractivity contribution in [3.05, 3.63) is 83.6 Å². The zero-order valence-electron chi connectivity index (χ0n) is 20.8. The molecular formula is C27H21F4N5O4. The summed E-state index contributed by atoms with van der Waals surface area (Å²) in [5, 5.41) is 13.2. The lowest BCUT2D eigenvalue weighted by Crippen LogP contribution is -2.52. The highest BCUT2D eigenvalue weighted by molar-refractivity contribution is 5.94. The first-order valence-electron chi connectivity index (χ1n) is 11.9. The van der Waals surface area contributed by atoms with Gasteiger partial charge >= 0.3 is 6.18 Å². The van der Waals surface area contributed by atoms with Crippen LogP contribution in [-0.2, 0) is 15.8 Å². The molecule has 4 N–H and O–H groups in total. The normalized spacial score (nSPS) is 18.1. The van der Waals surface area contributed by atoms with Gasteiger partial charge in [-0.3, -0.25) is 14.6 Å². The average Bonchev–Trinajstić information content (AvgIpc) is 3.28. The zero-order chi connectivity index (χ0) is 28.9. The van der Waals surface area contributed by atoms with Gasteiger partial charge in [0.2, 0.25) is 11.5 Å². The Morgan fingerprint density at radius 3 is 2.42 bits per heavy atom. The lowest BCUT2D eigenvalue weighted by molar-refractivity contribution is -0.265. The number of amides is 2. The number of aliphatic hydroxyl groups is 1. The minimum absolute atomic E-state index is 0.0309. The number of nitrogens with zero attached hydrogens (tertiary/aromatic N) is 3. The molecule has 0 bridgehead atoms. The number of carbonyl (C=O) groups is 2. The molecule has 0 unspecified atom stereocenters. The molecule has 3 heterocycles. The van der Waals surface area contributed by atoms with E-state index in [4.69, 9.17) is 10.5 Å². The standard InChI is InChI=1S/C27H21F4N5O4/c1-25(24(32)38)13-40-22-16(25)10-20(36-21(22)14-6-8-15(28)9-7-14)26(39,27(29,30)31)12-34-23(37)19-11-33-17-4-2-3-5-18(17)35-19/h2-11,39H,12-13H2,1H3,(H2,32,38)(H,34,37)/t25-,26-/m0/s1. The van der Waals surface area contributed by atoms with E-state index in [1.54, 1.807) is 24.3 Å². The van der Waals surface area contributed by atoms with Crippen LogP contribution in [-0.4, -0.2) is 51.2 Å². The molecule has 5 rings (SSSR count). The summed E-state index contributed by atoms with van der Waals surface area (Å²) in [5.41, 5.74) is -0.163. The predicted molar refractivity (Wildman–Crippen MR) is 133 cm³/mol. The van der Waals surface area contributed by atoms with Crippen LogP contribution in [0.15, 0.2) is 60.8 Å². The van der Waals surface area contributed by atoms with E-state index in [0.717, 1.165) is 24.4 Å². The maximum absolute atomic E-state index is 14.5. The number of ether oxygens (including phenoxy) is 1. The lowest BCUT2D eigenvalue weighted by atomic mass is 9.81. The molecule has 206 valence electrons. The molecule has 0 spiro atoms. The van der Waals surface area contributed by atoms with Crippen molar-refractivity contribution in [1.29, 1.82) is 0 Å². The fraction of sp³-hybridized carbons (Fsp3) is 0.222. The number of nitrogens with two attached hydrogens (primary N) is 1. The van der Waals surface area contributed by atoms with Crippen molar-refractivity contribution in [2.75, 3.05) is 13.2 Å². The van der Waals surface area contributed by atoms with E-state index in [9.17, 15) is 32.3 Å². The van der Waals surface area contributed by atoms with Crippen molar-refractivity contribution < 1.29 is 37.0 Å². The Bertz CT molecular complexity index is 1650. The molecular weight excluding hydrogens is 534 g/mol. The summed E-state index contributed by atoms with van der Waals surface area (Å²) in [5.74, 6) is -2.54. The van der Waals surface area contributed by atoms with Gasteiger partial charge < -0.3 is 20.9 Å². The van der Waals surface area contributed by atoms with Crippen molar-refractivity contribution in [1.82, 2.24) is 20.3 Å². The minimum Gasteiger partial charge on any atom is -0.489 e. The third-order valence-corrected chi connectivity index (χ3v) is 6.81. The van der Waals surface area contributed by atoms with E-state index < -0.39 is 47.1 Å². The number of carbonyl (C=O) groups excluding carboxylic acids is 2. The second kappa shape index (κ2) is 9.52. The average molecular weight is 555 g/mol. The summed E-state index contributed by atoms with van der Waals surface area (Å²) in [7, 11) is 0. The Balaban J connectivity index is 1.58. The fourth-order valence-electron chi connectivity index (χ4n) is 4.30. The first-order valence-corrected chi connectivity index (χ1v) is 11.9. The van der Waals surface area contributed by atoms with Crippen LogP contribution in [0.3, 0.4) is 0 Å². The van der Waals surface area contributed by atoms with Gasteiger partial charge in [-0.1, -0.05) is 12.1 Å². The number of hydrogen-bond acceptors (Lipinski definition) is 7. The molecule has 2 aromatic carbocycles. The Morgan fingerprint density at radius 2 is 1.77 bits per heavy atom. The number of nitrogens with one attached hydrogen (secondary N) is 1. The van der Waals surface area contributed by atoms with Crippen molar-refractivity contribution in [2.24, 2.45) is 5.73 Å². The van der Waals surface area contributed by atoms with Gasteiger partial charge in [-0.2, -0.15) is 13.2 Å². The van der Waals surface area contributed by atoms with Gasteiger partial charge in [-0.15, -0.1) is 0 Å². The maximum atomic E-state index is 14.5. The molecule has 13 heteroatoms. The minimum atomic E-state index is -5.35. The summed E-state index contributed by atoms with van der Waals surface area (Å²) in [4.78, 5) is 37.3. The quantitative estimate of drug-likeness (QED) is 0.311. The maximum Gasteiger partial charge on any atom is 0.424 e. The van der Waals surface area contributed by atoms with Gasteiger partial charge in [-0.05, 0) is 49.4 Å². The monoisotopic (exact) mass is 555 g/mol. The van der Waals surface area contributed by atoms with E-state index in [-0.39, 0.29) is 34.9 Å². The highest BCUT2D eigenvalue weighted by Crippen LogP contribution is 2.47. The number of benzene rings is 2. The van der Waals surface area contributed by atoms with E-state index in [2.05, 4.69) is 20.3 Å². The predicted octanol–water partition coefficient (Wildman–Crippen LogP) is 3.15. The van der Waals surface area contributed by atoms with E-state index >= 15 is 0 Å². The first kappa shape index (κ1) is 26.9. The molecule has 9 nitrogen and oxygen atoms in total. The number of rotatable bonds is 6.